The third kappa shape index (κ3) is 2.87. The zero-order valence-electron chi connectivity index (χ0n) is 12.2. The molecule has 2 aliphatic heterocycles. The molecule has 0 spiro atoms. The van der Waals surface area contributed by atoms with Crippen LogP contribution in [0.15, 0.2) is 24.5 Å². The summed E-state index contributed by atoms with van der Waals surface area (Å²) in [4.78, 5) is 17.9. The monoisotopic (exact) mass is 292 g/mol. The number of rotatable bonds is 5. The molecule has 0 aromatic carbocycles. The third-order valence-electron chi connectivity index (χ3n) is 4.30. The number of hydrogen-bond acceptors (Lipinski definition) is 5. The van der Waals surface area contributed by atoms with Gasteiger partial charge in [0.25, 0.3) is 0 Å². The maximum Gasteiger partial charge on any atom is 0.248 e. The molecule has 21 heavy (non-hydrogen) atoms. The summed E-state index contributed by atoms with van der Waals surface area (Å²) in [5, 5.41) is 0. The molecule has 0 bridgehead atoms. The van der Waals surface area contributed by atoms with Gasteiger partial charge in [-0.25, -0.2) is 0 Å². The van der Waals surface area contributed by atoms with Gasteiger partial charge in [-0.15, -0.1) is 0 Å². The summed E-state index contributed by atoms with van der Waals surface area (Å²) in [5.74, 6) is 1.11. The van der Waals surface area contributed by atoms with E-state index in [1.807, 2.05) is 17.0 Å². The van der Waals surface area contributed by atoms with Crippen molar-refractivity contribution in [2.24, 2.45) is 11.3 Å². The van der Waals surface area contributed by atoms with Gasteiger partial charge in [-0.1, -0.05) is 0 Å². The number of likely N-dealkylation sites (tertiary alicyclic amines) is 1. The zero-order valence-corrected chi connectivity index (χ0v) is 12.2. The fourth-order valence-corrected chi connectivity index (χ4v) is 3.10. The fourth-order valence-electron chi connectivity index (χ4n) is 3.10. The second-order valence-corrected chi connectivity index (χ2v) is 5.76. The average Bonchev–Trinajstić information content (AvgIpc) is 3.03. The molecule has 1 aromatic rings. The van der Waals surface area contributed by atoms with E-state index >= 15 is 0 Å². The zero-order chi connectivity index (χ0) is 14.7. The Labute approximate surface area is 124 Å². The summed E-state index contributed by atoms with van der Waals surface area (Å²) in [6, 6.07) is 3.73. The lowest BCUT2D eigenvalue weighted by Crippen LogP contribution is -2.39. The highest BCUT2D eigenvalue weighted by Crippen LogP contribution is 2.41. The second kappa shape index (κ2) is 5.99. The van der Waals surface area contributed by atoms with Crippen molar-refractivity contribution >= 4 is 5.91 Å². The van der Waals surface area contributed by atoms with Crippen LogP contribution in [0.1, 0.15) is 0 Å². The van der Waals surface area contributed by atoms with Gasteiger partial charge < -0.3 is 19.1 Å². The van der Waals surface area contributed by atoms with Gasteiger partial charge >= 0.3 is 0 Å². The fraction of sp³-hybridized carbons (Fsp3) is 0.600. The quantitative estimate of drug-likeness (QED) is 0.794. The topological polar surface area (TPSA) is 60.9 Å². The van der Waals surface area contributed by atoms with Gasteiger partial charge in [0.2, 0.25) is 5.91 Å². The molecule has 3 heterocycles. The lowest BCUT2D eigenvalue weighted by molar-refractivity contribution is -0.135. The predicted molar refractivity (Wildman–Crippen MR) is 74.9 cm³/mol. The average molecular weight is 292 g/mol. The highest BCUT2D eigenvalue weighted by Gasteiger charge is 2.52. The minimum Gasteiger partial charge on any atom is -0.491 e. The van der Waals surface area contributed by atoms with Gasteiger partial charge in [0.05, 0.1) is 31.4 Å². The van der Waals surface area contributed by atoms with Crippen molar-refractivity contribution in [3.63, 3.8) is 0 Å². The van der Waals surface area contributed by atoms with Gasteiger partial charge in [-0.3, -0.25) is 9.78 Å². The van der Waals surface area contributed by atoms with Gasteiger partial charge in [0.1, 0.15) is 12.4 Å². The lowest BCUT2D eigenvalue weighted by Gasteiger charge is -2.27. The maximum absolute atomic E-state index is 12.0. The van der Waals surface area contributed by atoms with E-state index in [4.69, 9.17) is 14.2 Å². The van der Waals surface area contributed by atoms with Crippen molar-refractivity contribution in [1.82, 2.24) is 9.88 Å². The normalized spacial score (nSPS) is 27.7. The minimum atomic E-state index is -0.112. The van der Waals surface area contributed by atoms with Crippen LogP contribution in [-0.2, 0) is 14.3 Å². The van der Waals surface area contributed by atoms with Crippen LogP contribution >= 0.6 is 0 Å². The first-order valence-electron chi connectivity index (χ1n) is 7.11. The Kier molecular flexibility index (Phi) is 4.07. The first kappa shape index (κ1) is 14.3. The summed E-state index contributed by atoms with van der Waals surface area (Å²) in [5.41, 5.74) is -0.112. The van der Waals surface area contributed by atoms with Crippen LogP contribution in [0.2, 0.25) is 0 Å². The minimum absolute atomic E-state index is 0.0349. The van der Waals surface area contributed by atoms with E-state index < -0.39 is 0 Å². The molecule has 2 saturated heterocycles. The number of hydrogen-bond donors (Lipinski definition) is 0. The Morgan fingerprint density at radius 2 is 2.52 bits per heavy atom. The highest BCUT2D eigenvalue weighted by atomic mass is 16.5. The van der Waals surface area contributed by atoms with Crippen LogP contribution in [0.5, 0.6) is 5.75 Å². The molecule has 1 amide bonds. The Balaban J connectivity index is 1.65. The number of carbonyl (C=O) groups is 1. The van der Waals surface area contributed by atoms with Crippen molar-refractivity contribution in [3.05, 3.63) is 24.5 Å². The Bertz CT molecular complexity index is 496. The van der Waals surface area contributed by atoms with Crippen molar-refractivity contribution in [2.75, 3.05) is 46.6 Å². The molecule has 2 aliphatic rings. The van der Waals surface area contributed by atoms with Gasteiger partial charge in [0, 0.05) is 32.3 Å². The standard InChI is InChI=1S/C15H20N2O4/c1-19-8-14(18)17-6-12-7-20-10-15(12,9-17)11-21-13-3-2-4-16-5-13/h2-5,12H,6-11H2,1H3/t12-,15+/m0/s1. The van der Waals surface area contributed by atoms with Crippen LogP contribution in [-0.4, -0.2) is 62.4 Å². The number of nitrogens with zero attached hydrogens (tertiary/aromatic N) is 2. The number of aromatic nitrogens is 1. The molecule has 1 aromatic heterocycles. The van der Waals surface area contributed by atoms with Crippen molar-refractivity contribution in [1.29, 1.82) is 0 Å². The summed E-state index contributed by atoms with van der Waals surface area (Å²) in [6.07, 6.45) is 3.41. The Hall–Kier alpha value is -1.66. The van der Waals surface area contributed by atoms with Gasteiger partial charge in [-0.2, -0.15) is 0 Å². The second-order valence-electron chi connectivity index (χ2n) is 5.76. The highest BCUT2D eigenvalue weighted by molar-refractivity contribution is 5.77. The number of carbonyl (C=O) groups excluding carboxylic acids is 1. The first-order valence-corrected chi connectivity index (χ1v) is 7.11. The van der Waals surface area contributed by atoms with E-state index in [-0.39, 0.29) is 17.9 Å². The summed E-state index contributed by atoms with van der Waals surface area (Å²) in [7, 11) is 1.54. The number of ether oxygens (including phenoxy) is 3. The van der Waals surface area contributed by atoms with E-state index in [0.29, 0.717) is 32.3 Å². The van der Waals surface area contributed by atoms with Gasteiger partial charge in [0.15, 0.2) is 0 Å². The largest absolute Gasteiger partial charge is 0.491 e. The molecule has 3 rings (SSSR count). The maximum atomic E-state index is 12.0. The summed E-state index contributed by atoms with van der Waals surface area (Å²) < 4.78 is 16.4. The Morgan fingerprint density at radius 1 is 1.62 bits per heavy atom. The smallest absolute Gasteiger partial charge is 0.248 e. The molecule has 0 unspecified atom stereocenters. The van der Waals surface area contributed by atoms with Crippen LogP contribution in [0, 0.1) is 11.3 Å². The van der Waals surface area contributed by atoms with Crippen molar-refractivity contribution in [2.45, 2.75) is 0 Å². The van der Waals surface area contributed by atoms with Crippen LogP contribution in [0.4, 0.5) is 0 Å². The molecule has 0 aliphatic carbocycles. The predicted octanol–water partition coefficient (Wildman–Crippen LogP) is 0.582. The molecular weight excluding hydrogens is 272 g/mol. The van der Waals surface area contributed by atoms with E-state index in [2.05, 4.69) is 4.98 Å². The number of pyridine rings is 1. The number of amides is 1. The molecule has 6 heteroatoms. The summed E-state index contributed by atoms with van der Waals surface area (Å²) >= 11 is 0. The molecule has 0 saturated carbocycles. The SMILES string of the molecule is COCC(=O)N1C[C@H]2COC[C@@]2(COc2cccnc2)C1. The number of methoxy groups -OCH3 is 1. The van der Waals surface area contributed by atoms with Crippen LogP contribution in [0.25, 0.3) is 0 Å². The molecule has 0 N–H and O–H groups in total. The molecule has 0 radical (unpaired) electrons. The molecular formula is C15H20N2O4. The van der Waals surface area contributed by atoms with E-state index in [1.54, 1.807) is 19.5 Å². The number of fused-ring (bicyclic) bond motifs is 1. The summed E-state index contributed by atoms with van der Waals surface area (Å²) in [6.45, 7) is 3.38. The third-order valence-corrected chi connectivity index (χ3v) is 4.30. The van der Waals surface area contributed by atoms with E-state index in [0.717, 1.165) is 12.3 Å². The van der Waals surface area contributed by atoms with Crippen LogP contribution < -0.4 is 4.74 Å². The van der Waals surface area contributed by atoms with Crippen molar-refractivity contribution < 1.29 is 19.0 Å². The van der Waals surface area contributed by atoms with Crippen molar-refractivity contribution in [3.8, 4) is 5.75 Å². The van der Waals surface area contributed by atoms with E-state index in [9.17, 15) is 4.79 Å². The molecule has 6 nitrogen and oxygen atoms in total. The van der Waals surface area contributed by atoms with E-state index in [1.165, 1.54) is 0 Å². The molecule has 2 fully saturated rings. The molecule has 114 valence electrons. The van der Waals surface area contributed by atoms with Gasteiger partial charge in [-0.05, 0) is 12.1 Å². The first-order chi connectivity index (χ1) is 10.2. The van der Waals surface area contributed by atoms with Crippen LogP contribution in [0.3, 0.4) is 0 Å². The molecule has 2 atom stereocenters. The lowest BCUT2D eigenvalue weighted by atomic mass is 9.82. The Morgan fingerprint density at radius 3 is 3.29 bits per heavy atom.